The van der Waals surface area contributed by atoms with Crippen molar-refractivity contribution in [1.29, 1.82) is 0 Å². The highest BCUT2D eigenvalue weighted by Crippen LogP contribution is 2.07. The molecule has 0 radical (unpaired) electrons. The zero-order valence-corrected chi connectivity index (χ0v) is 13.5. The third-order valence-electron chi connectivity index (χ3n) is 2.62. The number of nitrogens with one attached hydrogen (secondary N) is 1. The minimum Gasteiger partial charge on any atom is -0.481 e. The smallest absolute Gasteiger partial charge is 0.303 e. The molecule has 1 rings (SSSR count). The number of hydrogen-bond acceptors (Lipinski definition) is 6. The minimum atomic E-state index is -0.745. The predicted molar refractivity (Wildman–Crippen MR) is 81.8 cm³/mol. The van der Waals surface area contributed by atoms with Gasteiger partial charge in [0.05, 0.1) is 13.3 Å². The molecule has 0 aromatic carbocycles. The number of nitrogens with zero attached hydrogens (tertiary/aromatic N) is 1. The van der Waals surface area contributed by atoms with E-state index in [-0.39, 0.29) is 12.5 Å². The van der Waals surface area contributed by atoms with Gasteiger partial charge in [-0.3, -0.25) is 10.1 Å². The lowest BCUT2D eigenvalue weighted by atomic mass is 10.1. The highest BCUT2D eigenvalue weighted by atomic mass is 16.7. The van der Waals surface area contributed by atoms with Gasteiger partial charge in [-0.15, -0.1) is 4.91 Å². The molecule has 1 saturated heterocycles. The number of rotatable bonds is 8. The predicted octanol–water partition coefficient (Wildman–Crippen LogP) is 3.09. The van der Waals surface area contributed by atoms with Gasteiger partial charge in [-0.25, -0.2) is 0 Å². The molecule has 126 valence electrons. The summed E-state index contributed by atoms with van der Waals surface area (Å²) in [6.07, 6.45) is 6.01. The number of carboxylic acid groups (broad SMARTS) is 1. The molecular formula is C14H30N2O5. The van der Waals surface area contributed by atoms with Gasteiger partial charge in [-0.05, 0) is 19.8 Å². The Labute approximate surface area is 127 Å². The van der Waals surface area contributed by atoms with Crippen LogP contribution in [-0.4, -0.2) is 37.1 Å². The van der Waals surface area contributed by atoms with Gasteiger partial charge < -0.3 is 14.7 Å². The van der Waals surface area contributed by atoms with Crippen LogP contribution >= 0.6 is 0 Å². The zero-order chi connectivity index (χ0) is 16.3. The maximum atomic E-state index is 9.63. The third kappa shape index (κ3) is 24.2. The van der Waals surface area contributed by atoms with E-state index >= 15 is 0 Å². The molecule has 0 aromatic rings. The second kappa shape index (κ2) is 18.8. The summed E-state index contributed by atoms with van der Waals surface area (Å²) in [6, 6.07) is 0. The van der Waals surface area contributed by atoms with Gasteiger partial charge in [-0.2, -0.15) is 0 Å². The van der Waals surface area contributed by atoms with Crippen molar-refractivity contribution in [2.45, 2.75) is 65.4 Å². The molecule has 0 spiro atoms. The summed E-state index contributed by atoms with van der Waals surface area (Å²) in [5, 5.41) is 13.1. The number of hydrogen-bond donors (Lipinski definition) is 2. The summed E-state index contributed by atoms with van der Waals surface area (Å²) in [4.78, 5) is 23.5. The Morgan fingerprint density at radius 2 is 2.05 bits per heavy atom. The van der Waals surface area contributed by atoms with Crippen LogP contribution in [0.3, 0.4) is 0 Å². The molecule has 0 aliphatic carbocycles. The standard InChI is InChI=1S/C8H17NO2.C3H7NO.C3H6O2/c1-3-4-5-6-7-8(2)11-9-10;1-2-5-3-4-1;1-2-3(4)5/h8H,3-7H2,1-2H3;4H,1-3H2;2H2,1H3,(H,4,5). The normalized spacial score (nSPS) is 14.0. The molecule has 1 unspecified atom stereocenters. The van der Waals surface area contributed by atoms with E-state index in [2.05, 4.69) is 22.4 Å². The number of carboxylic acids is 1. The molecule has 1 aliphatic rings. The Hall–Kier alpha value is -1.21. The third-order valence-corrected chi connectivity index (χ3v) is 2.62. The van der Waals surface area contributed by atoms with Gasteiger partial charge in [0.1, 0.15) is 6.10 Å². The molecular weight excluding hydrogens is 276 g/mol. The fourth-order valence-corrected chi connectivity index (χ4v) is 1.35. The van der Waals surface area contributed by atoms with E-state index in [4.69, 9.17) is 9.84 Å². The van der Waals surface area contributed by atoms with Crippen molar-refractivity contribution in [2.24, 2.45) is 5.34 Å². The first kappa shape index (κ1) is 22.1. The Kier molecular flexibility index (Phi) is 19.8. The van der Waals surface area contributed by atoms with Crippen molar-refractivity contribution in [1.82, 2.24) is 5.32 Å². The average Bonchev–Trinajstić information content (AvgIpc) is 3.04. The Balaban J connectivity index is 0. The first-order valence-electron chi connectivity index (χ1n) is 7.57. The van der Waals surface area contributed by atoms with E-state index in [1.807, 2.05) is 6.92 Å². The molecule has 0 saturated carbocycles. The Morgan fingerprint density at radius 1 is 1.38 bits per heavy atom. The molecule has 0 aromatic heterocycles. The van der Waals surface area contributed by atoms with E-state index in [1.165, 1.54) is 19.3 Å². The van der Waals surface area contributed by atoms with E-state index < -0.39 is 5.97 Å². The van der Waals surface area contributed by atoms with Crippen LogP contribution in [0.1, 0.15) is 59.3 Å². The van der Waals surface area contributed by atoms with E-state index in [1.54, 1.807) is 6.92 Å². The van der Waals surface area contributed by atoms with Gasteiger partial charge in [0.15, 0.2) is 5.34 Å². The van der Waals surface area contributed by atoms with Crippen molar-refractivity contribution < 1.29 is 19.5 Å². The highest BCUT2D eigenvalue weighted by molar-refractivity contribution is 5.66. The fourth-order valence-electron chi connectivity index (χ4n) is 1.35. The summed E-state index contributed by atoms with van der Waals surface area (Å²) in [6.45, 7) is 8.31. The van der Waals surface area contributed by atoms with Crippen molar-refractivity contribution in [3.63, 3.8) is 0 Å². The van der Waals surface area contributed by atoms with Crippen LogP contribution in [0.15, 0.2) is 5.34 Å². The quantitative estimate of drug-likeness (QED) is 0.406. The van der Waals surface area contributed by atoms with Crippen LogP contribution in [0.5, 0.6) is 0 Å². The second-order valence-corrected chi connectivity index (χ2v) is 4.64. The SMILES string of the molecule is C1COCN1.CCC(=O)O.CCCCCCC(C)ON=O. The van der Waals surface area contributed by atoms with Gasteiger partial charge >= 0.3 is 5.97 Å². The number of unbranched alkanes of at least 4 members (excludes halogenated alkanes) is 3. The molecule has 1 aliphatic heterocycles. The van der Waals surface area contributed by atoms with Gasteiger partial charge in [-0.1, -0.05) is 33.1 Å². The lowest BCUT2D eigenvalue weighted by Crippen LogP contribution is -2.05. The van der Waals surface area contributed by atoms with Crippen LogP contribution in [0, 0.1) is 4.91 Å². The van der Waals surface area contributed by atoms with Gasteiger partial charge in [0.2, 0.25) is 0 Å². The maximum Gasteiger partial charge on any atom is 0.303 e. The fraction of sp³-hybridized carbons (Fsp3) is 0.929. The first-order chi connectivity index (χ1) is 10.1. The van der Waals surface area contributed by atoms with Crippen LogP contribution in [-0.2, 0) is 14.4 Å². The lowest BCUT2D eigenvalue weighted by molar-refractivity contribution is -0.136. The minimum absolute atomic E-state index is 0.00986. The molecule has 21 heavy (non-hydrogen) atoms. The molecule has 1 atom stereocenters. The van der Waals surface area contributed by atoms with Crippen molar-refractivity contribution in [3.05, 3.63) is 4.91 Å². The van der Waals surface area contributed by atoms with Gasteiger partial charge in [0.25, 0.3) is 0 Å². The number of carbonyl (C=O) groups is 1. The van der Waals surface area contributed by atoms with Crippen molar-refractivity contribution >= 4 is 5.97 Å². The summed E-state index contributed by atoms with van der Waals surface area (Å²) in [7, 11) is 0. The summed E-state index contributed by atoms with van der Waals surface area (Å²) in [5.41, 5.74) is 0. The molecule has 0 amide bonds. The summed E-state index contributed by atoms with van der Waals surface area (Å²) < 4.78 is 4.83. The molecule has 1 heterocycles. The average molecular weight is 306 g/mol. The van der Waals surface area contributed by atoms with E-state index in [9.17, 15) is 9.70 Å². The zero-order valence-electron chi connectivity index (χ0n) is 13.5. The molecule has 1 fully saturated rings. The summed E-state index contributed by atoms with van der Waals surface area (Å²) in [5.74, 6) is -0.745. The monoisotopic (exact) mass is 306 g/mol. The Bertz CT molecular complexity index is 228. The van der Waals surface area contributed by atoms with E-state index in [0.717, 1.165) is 32.7 Å². The molecule has 7 nitrogen and oxygen atoms in total. The first-order valence-corrected chi connectivity index (χ1v) is 7.57. The van der Waals surface area contributed by atoms with Crippen LogP contribution < -0.4 is 5.32 Å². The van der Waals surface area contributed by atoms with Crippen LogP contribution in [0.25, 0.3) is 0 Å². The topological polar surface area (TPSA) is 97.2 Å². The largest absolute Gasteiger partial charge is 0.481 e. The second-order valence-electron chi connectivity index (χ2n) is 4.64. The lowest BCUT2D eigenvalue weighted by Gasteiger charge is -2.05. The molecule has 2 N–H and O–H groups in total. The Morgan fingerprint density at radius 3 is 2.38 bits per heavy atom. The molecule has 7 heteroatoms. The van der Waals surface area contributed by atoms with Crippen molar-refractivity contribution in [3.8, 4) is 0 Å². The number of ether oxygens (including phenoxy) is 1. The maximum absolute atomic E-state index is 9.63. The summed E-state index contributed by atoms with van der Waals surface area (Å²) >= 11 is 0. The van der Waals surface area contributed by atoms with E-state index in [0.29, 0.717) is 0 Å². The van der Waals surface area contributed by atoms with Crippen LogP contribution in [0.2, 0.25) is 0 Å². The van der Waals surface area contributed by atoms with Crippen LogP contribution in [0.4, 0.5) is 0 Å². The molecule has 0 bridgehead atoms. The highest BCUT2D eigenvalue weighted by Gasteiger charge is 2.01. The number of aliphatic carboxylic acids is 1. The van der Waals surface area contributed by atoms with Gasteiger partial charge in [0, 0.05) is 13.0 Å². The van der Waals surface area contributed by atoms with Crippen molar-refractivity contribution in [2.75, 3.05) is 19.9 Å².